The molecule has 22 heavy (non-hydrogen) atoms. The Balaban J connectivity index is 0.000000131. The third-order valence-electron chi connectivity index (χ3n) is 4.35. The average molecular weight is 292 g/mol. The zero-order valence-corrected chi connectivity index (χ0v) is 12.7. The van der Waals surface area contributed by atoms with Crippen LogP contribution in [0.2, 0.25) is 0 Å². The maximum absolute atomic E-state index is 11.3. The van der Waals surface area contributed by atoms with Gasteiger partial charge >= 0.3 is 0 Å². The summed E-state index contributed by atoms with van der Waals surface area (Å²) in [7, 11) is 0. The quantitative estimate of drug-likeness (QED) is 0.737. The van der Waals surface area contributed by atoms with Crippen LogP contribution in [0.15, 0.2) is 48.5 Å². The maximum atomic E-state index is 11.3. The average Bonchev–Trinajstić information content (AvgIpc) is 2.56. The molecule has 112 valence electrons. The monoisotopic (exact) mass is 292 g/mol. The van der Waals surface area contributed by atoms with E-state index in [0.717, 1.165) is 37.7 Å². The lowest BCUT2D eigenvalue weighted by molar-refractivity contribution is -0.118. The third-order valence-corrected chi connectivity index (χ3v) is 4.35. The van der Waals surface area contributed by atoms with Crippen LogP contribution in [0, 0.1) is 0 Å². The number of benzene rings is 2. The van der Waals surface area contributed by atoms with Crippen molar-refractivity contribution >= 4 is 11.6 Å². The summed E-state index contributed by atoms with van der Waals surface area (Å²) >= 11 is 0. The first kappa shape index (κ1) is 14.7. The smallest absolute Gasteiger partial charge is 0.163 e. The Kier molecular flexibility index (Phi) is 4.47. The summed E-state index contributed by atoms with van der Waals surface area (Å²) in [6.45, 7) is 0. The van der Waals surface area contributed by atoms with Crippen LogP contribution < -0.4 is 0 Å². The van der Waals surface area contributed by atoms with E-state index >= 15 is 0 Å². The largest absolute Gasteiger partial charge is 0.299 e. The van der Waals surface area contributed by atoms with E-state index in [4.69, 9.17) is 0 Å². The highest BCUT2D eigenvalue weighted by Gasteiger charge is 2.15. The standard InChI is InChI=1S/2C10H10O/c11-10-7-3-5-8-4-1-2-6-9(8)10;11-10-6-5-8-3-1-2-4-9(8)7-10/h1-2,4,6H,3,5,7H2;1-4H,5-7H2. The van der Waals surface area contributed by atoms with Crippen LogP contribution in [0.5, 0.6) is 0 Å². The van der Waals surface area contributed by atoms with E-state index in [2.05, 4.69) is 6.07 Å². The van der Waals surface area contributed by atoms with Crippen LogP contribution in [0.4, 0.5) is 0 Å². The summed E-state index contributed by atoms with van der Waals surface area (Å²) in [4.78, 5) is 22.3. The van der Waals surface area contributed by atoms with E-state index in [1.807, 2.05) is 42.5 Å². The first-order valence-electron chi connectivity index (χ1n) is 7.93. The molecule has 4 rings (SSSR count). The fourth-order valence-corrected chi connectivity index (χ4v) is 3.13. The number of Topliss-reactive ketones (excluding diaryl/α,β-unsaturated/α-hetero) is 2. The summed E-state index contributed by atoms with van der Waals surface area (Å²) in [6.07, 6.45) is 5.15. The number of fused-ring (bicyclic) bond motifs is 2. The molecule has 0 saturated carbocycles. The van der Waals surface area contributed by atoms with Crippen molar-refractivity contribution in [2.45, 2.75) is 38.5 Å². The third kappa shape index (κ3) is 3.33. The molecule has 2 aromatic rings. The van der Waals surface area contributed by atoms with Gasteiger partial charge in [-0.15, -0.1) is 0 Å². The lowest BCUT2D eigenvalue weighted by Crippen LogP contribution is -2.12. The van der Waals surface area contributed by atoms with E-state index in [-0.39, 0.29) is 0 Å². The SMILES string of the molecule is O=C1CCCc2ccccc21.O=C1CCc2ccccc2C1. The minimum absolute atomic E-state index is 0.312. The van der Waals surface area contributed by atoms with Crippen molar-refractivity contribution in [2.24, 2.45) is 0 Å². The number of hydrogen-bond acceptors (Lipinski definition) is 2. The molecule has 0 amide bonds. The number of carbonyl (C=O) groups is 2. The molecule has 0 heterocycles. The van der Waals surface area contributed by atoms with Crippen molar-refractivity contribution in [3.05, 3.63) is 70.8 Å². The zero-order valence-electron chi connectivity index (χ0n) is 12.7. The minimum atomic E-state index is 0.312. The fraction of sp³-hybridized carbons (Fsp3) is 0.300. The summed E-state index contributed by atoms with van der Waals surface area (Å²) in [5.41, 5.74) is 4.75. The summed E-state index contributed by atoms with van der Waals surface area (Å²) in [5, 5.41) is 0. The molecule has 0 saturated heterocycles. The highest BCUT2D eigenvalue weighted by molar-refractivity contribution is 5.98. The van der Waals surface area contributed by atoms with Crippen molar-refractivity contribution < 1.29 is 9.59 Å². The van der Waals surface area contributed by atoms with Crippen LogP contribution in [0.1, 0.15) is 46.3 Å². The normalized spacial score (nSPS) is 16.2. The molecule has 0 unspecified atom stereocenters. The lowest BCUT2D eigenvalue weighted by atomic mass is 9.91. The lowest BCUT2D eigenvalue weighted by Gasteiger charge is -2.13. The van der Waals surface area contributed by atoms with Crippen LogP contribution in [-0.2, 0) is 24.1 Å². The highest BCUT2D eigenvalue weighted by Crippen LogP contribution is 2.20. The number of ketones is 2. The van der Waals surface area contributed by atoms with Gasteiger partial charge in [0, 0.05) is 24.8 Å². The maximum Gasteiger partial charge on any atom is 0.163 e. The molecule has 0 N–H and O–H groups in total. The number of hydrogen-bond donors (Lipinski definition) is 0. The van der Waals surface area contributed by atoms with Gasteiger partial charge in [-0.1, -0.05) is 48.5 Å². The Morgan fingerprint density at radius 3 is 2.09 bits per heavy atom. The van der Waals surface area contributed by atoms with E-state index in [1.165, 1.54) is 16.7 Å². The number of carbonyl (C=O) groups excluding carboxylic acids is 2. The van der Waals surface area contributed by atoms with Crippen LogP contribution in [0.3, 0.4) is 0 Å². The molecule has 2 aliphatic carbocycles. The van der Waals surface area contributed by atoms with E-state index in [1.54, 1.807) is 0 Å². The second-order valence-corrected chi connectivity index (χ2v) is 5.92. The summed E-state index contributed by atoms with van der Waals surface area (Å²) < 4.78 is 0. The molecule has 2 aliphatic rings. The zero-order chi connectivity index (χ0) is 15.4. The summed E-state index contributed by atoms with van der Waals surface area (Å²) in [6, 6.07) is 16.1. The molecule has 0 atom stereocenters. The highest BCUT2D eigenvalue weighted by atomic mass is 16.1. The molecule has 2 nitrogen and oxygen atoms in total. The van der Waals surface area contributed by atoms with Crippen LogP contribution in [0.25, 0.3) is 0 Å². The van der Waals surface area contributed by atoms with E-state index in [9.17, 15) is 9.59 Å². The Bertz CT molecular complexity index is 700. The van der Waals surface area contributed by atoms with Crippen molar-refractivity contribution in [1.82, 2.24) is 0 Å². The molecule has 0 spiro atoms. The van der Waals surface area contributed by atoms with Gasteiger partial charge in [-0.05, 0) is 36.0 Å². The van der Waals surface area contributed by atoms with Crippen molar-refractivity contribution in [3.8, 4) is 0 Å². The molecule has 0 aliphatic heterocycles. The summed E-state index contributed by atoms with van der Waals surface area (Å²) in [5.74, 6) is 0.690. The van der Waals surface area contributed by atoms with Gasteiger partial charge in [0.15, 0.2) is 5.78 Å². The Morgan fingerprint density at radius 1 is 0.636 bits per heavy atom. The van der Waals surface area contributed by atoms with Crippen molar-refractivity contribution in [1.29, 1.82) is 0 Å². The molecule has 2 heteroatoms. The topological polar surface area (TPSA) is 34.1 Å². The molecule has 2 aromatic carbocycles. The molecular weight excluding hydrogens is 272 g/mol. The van der Waals surface area contributed by atoms with Gasteiger partial charge in [0.05, 0.1) is 0 Å². The Hall–Kier alpha value is -2.22. The van der Waals surface area contributed by atoms with Gasteiger partial charge in [0.1, 0.15) is 5.78 Å². The molecular formula is C20H20O2. The van der Waals surface area contributed by atoms with Crippen molar-refractivity contribution in [3.63, 3.8) is 0 Å². The van der Waals surface area contributed by atoms with Crippen LogP contribution >= 0.6 is 0 Å². The molecule has 0 bridgehead atoms. The van der Waals surface area contributed by atoms with E-state index in [0.29, 0.717) is 18.0 Å². The molecule has 0 fully saturated rings. The molecule has 0 radical (unpaired) electrons. The van der Waals surface area contributed by atoms with Crippen LogP contribution in [-0.4, -0.2) is 11.6 Å². The predicted molar refractivity (Wildman–Crippen MR) is 87.2 cm³/mol. The fourth-order valence-electron chi connectivity index (χ4n) is 3.13. The van der Waals surface area contributed by atoms with Crippen molar-refractivity contribution in [2.75, 3.05) is 0 Å². The van der Waals surface area contributed by atoms with Gasteiger partial charge in [-0.3, -0.25) is 9.59 Å². The number of rotatable bonds is 0. The van der Waals surface area contributed by atoms with Gasteiger partial charge in [-0.25, -0.2) is 0 Å². The minimum Gasteiger partial charge on any atom is -0.299 e. The van der Waals surface area contributed by atoms with Gasteiger partial charge in [0.2, 0.25) is 0 Å². The second-order valence-electron chi connectivity index (χ2n) is 5.92. The van der Waals surface area contributed by atoms with Gasteiger partial charge in [-0.2, -0.15) is 0 Å². The number of aryl methyl sites for hydroxylation is 2. The Labute approximate surface area is 131 Å². The predicted octanol–water partition coefficient (Wildman–Crippen LogP) is 3.95. The van der Waals surface area contributed by atoms with Gasteiger partial charge in [0.25, 0.3) is 0 Å². The second kappa shape index (κ2) is 6.69. The first-order valence-corrected chi connectivity index (χ1v) is 7.93. The van der Waals surface area contributed by atoms with E-state index < -0.39 is 0 Å². The van der Waals surface area contributed by atoms with Gasteiger partial charge < -0.3 is 0 Å². The first-order chi connectivity index (χ1) is 10.7. The Morgan fingerprint density at radius 2 is 1.32 bits per heavy atom. The molecule has 0 aromatic heterocycles.